The summed E-state index contributed by atoms with van der Waals surface area (Å²) in [6.45, 7) is 5.00. The third-order valence-corrected chi connectivity index (χ3v) is 2.96. The average Bonchev–Trinajstić information content (AvgIpc) is 2.35. The third-order valence-electron chi connectivity index (χ3n) is 2.96. The summed E-state index contributed by atoms with van der Waals surface area (Å²) in [6, 6.07) is 7.75. The third kappa shape index (κ3) is 3.64. The van der Waals surface area contributed by atoms with Gasteiger partial charge >= 0.3 is 0 Å². The summed E-state index contributed by atoms with van der Waals surface area (Å²) >= 11 is 0. The monoisotopic (exact) mass is 246 g/mol. The zero-order chi connectivity index (χ0) is 13.5. The van der Waals surface area contributed by atoms with E-state index in [4.69, 9.17) is 11.0 Å². The van der Waals surface area contributed by atoms with Gasteiger partial charge in [0.1, 0.15) is 6.07 Å². The number of nitrogens with zero attached hydrogens (tertiary/aromatic N) is 3. The molecule has 98 valence electrons. The number of para-hydroxylation sites is 1. The van der Waals surface area contributed by atoms with E-state index in [2.05, 4.69) is 36.9 Å². The molecule has 0 aliphatic heterocycles. The number of hydrogen-bond donors (Lipinski definition) is 1. The van der Waals surface area contributed by atoms with Crippen LogP contribution < -0.4 is 10.6 Å². The van der Waals surface area contributed by atoms with Crippen molar-refractivity contribution in [1.29, 1.82) is 5.26 Å². The van der Waals surface area contributed by atoms with Crippen molar-refractivity contribution in [3.05, 3.63) is 23.8 Å². The predicted molar refractivity (Wildman–Crippen MR) is 76.6 cm³/mol. The molecular weight excluding hydrogens is 224 g/mol. The molecule has 0 heterocycles. The first-order valence-electron chi connectivity index (χ1n) is 6.28. The van der Waals surface area contributed by atoms with Gasteiger partial charge in [-0.2, -0.15) is 5.26 Å². The molecule has 0 fully saturated rings. The number of nitrogens with two attached hydrogens (primary N) is 1. The first-order chi connectivity index (χ1) is 8.60. The Kier molecular flexibility index (Phi) is 5.47. The van der Waals surface area contributed by atoms with E-state index < -0.39 is 0 Å². The van der Waals surface area contributed by atoms with Gasteiger partial charge in [-0.25, -0.2) is 0 Å². The minimum atomic E-state index is 0.554. The fourth-order valence-electron chi connectivity index (χ4n) is 1.95. The molecule has 0 unspecified atom stereocenters. The van der Waals surface area contributed by atoms with Crippen LogP contribution in [0.25, 0.3) is 0 Å². The molecule has 18 heavy (non-hydrogen) atoms. The summed E-state index contributed by atoms with van der Waals surface area (Å²) in [5.41, 5.74) is 8.14. The Morgan fingerprint density at radius 1 is 1.28 bits per heavy atom. The van der Waals surface area contributed by atoms with Crippen LogP contribution in [-0.2, 0) is 0 Å². The number of rotatable bonds is 6. The highest BCUT2D eigenvalue weighted by atomic mass is 15.1. The molecule has 0 aliphatic carbocycles. The van der Waals surface area contributed by atoms with Crippen LogP contribution in [0.4, 0.5) is 11.4 Å². The molecular formula is C14H22N4. The average molecular weight is 246 g/mol. The van der Waals surface area contributed by atoms with Gasteiger partial charge in [0.05, 0.1) is 16.9 Å². The van der Waals surface area contributed by atoms with Gasteiger partial charge in [-0.15, -0.1) is 0 Å². The van der Waals surface area contributed by atoms with Crippen LogP contribution in [0.15, 0.2) is 18.2 Å². The number of hydrogen-bond acceptors (Lipinski definition) is 4. The highest BCUT2D eigenvalue weighted by molar-refractivity contribution is 5.73. The van der Waals surface area contributed by atoms with Crippen molar-refractivity contribution < 1.29 is 0 Å². The molecule has 0 aromatic heterocycles. The standard InChI is InChI=1S/C14H22N4/c1-4-18(10-6-9-17(2)3)13-8-5-7-12(11-15)14(13)16/h5,7-8H,4,6,9-10,16H2,1-3H3. The summed E-state index contributed by atoms with van der Waals surface area (Å²) in [5, 5.41) is 8.99. The molecule has 1 rings (SSSR count). The van der Waals surface area contributed by atoms with E-state index in [-0.39, 0.29) is 0 Å². The first-order valence-corrected chi connectivity index (χ1v) is 6.28. The van der Waals surface area contributed by atoms with Crippen LogP contribution in [0.2, 0.25) is 0 Å². The molecule has 2 N–H and O–H groups in total. The second-order valence-electron chi connectivity index (χ2n) is 4.59. The molecule has 0 spiro atoms. The van der Waals surface area contributed by atoms with Crippen LogP contribution in [0.3, 0.4) is 0 Å². The number of nitriles is 1. The maximum absolute atomic E-state index is 8.99. The van der Waals surface area contributed by atoms with Gasteiger partial charge in [-0.3, -0.25) is 0 Å². The highest BCUT2D eigenvalue weighted by Crippen LogP contribution is 2.26. The van der Waals surface area contributed by atoms with Crippen molar-refractivity contribution >= 4 is 11.4 Å². The maximum atomic E-state index is 8.99. The SMILES string of the molecule is CCN(CCCN(C)C)c1cccc(C#N)c1N. The summed E-state index contributed by atoms with van der Waals surface area (Å²) in [5.74, 6) is 0. The Bertz CT molecular complexity index is 420. The van der Waals surface area contributed by atoms with E-state index in [9.17, 15) is 0 Å². The second kappa shape index (κ2) is 6.87. The topological polar surface area (TPSA) is 56.3 Å². The normalized spacial score (nSPS) is 10.4. The number of anilines is 2. The van der Waals surface area contributed by atoms with Crippen molar-refractivity contribution in [3.8, 4) is 6.07 Å². The lowest BCUT2D eigenvalue weighted by molar-refractivity contribution is 0.400. The van der Waals surface area contributed by atoms with E-state index >= 15 is 0 Å². The summed E-state index contributed by atoms with van der Waals surface area (Å²) in [7, 11) is 4.14. The van der Waals surface area contributed by atoms with E-state index in [1.54, 1.807) is 6.07 Å². The minimum Gasteiger partial charge on any atom is -0.396 e. The van der Waals surface area contributed by atoms with Crippen molar-refractivity contribution in [1.82, 2.24) is 4.90 Å². The lowest BCUT2D eigenvalue weighted by Gasteiger charge is -2.25. The van der Waals surface area contributed by atoms with Crippen molar-refractivity contribution in [2.45, 2.75) is 13.3 Å². The molecule has 0 aliphatic rings. The summed E-state index contributed by atoms with van der Waals surface area (Å²) < 4.78 is 0. The van der Waals surface area contributed by atoms with Gasteiger partial charge in [0.2, 0.25) is 0 Å². The van der Waals surface area contributed by atoms with Gasteiger partial charge in [-0.05, 0) is 46.1 Å². The van der Waals surface area contributed by atoms with Crippen LogP contribution in [0.1, 0.15) is 18.9 Å². The maximum Gasteiger partial charge on any atom is 0.101 e. The van der Waals surface area contributed by atoms with Gasteiger partial charge in [0.15, 0.2) is 0 Å². The van der Waals surface area contributed by atoms with Crippen LogP contribution >= 0.6 is 0 Å². The van der Waals surface area contributed by atoms with E-state index in [1.165, 1.54) is 0 Å². The zero-order valence-corrected chi connectivity index (χ0v) is 11.5. The van der Waals surface area contributed by atoms with Crippen LogP contribution in [-0.4, -0.2) is 38.6 Å². The quantitative estimate of drug-likeness (QED) is 0.779. The molecule has 0 amide bonds. The lowest BCUT2D eigenvalue weighted by Crippen LogP contribution is -2.27. The molecule has 4 heteroatoms. The van der Waals surface area contributed by atoms with E-state index in [1.807, 2.05) is 12.1 Å². The van der Waals surface area contributed by atoms with Gasteiger partial charge < -0.3 is 15.5 Å². The Morgan fingerprint density at radius 3 is 2.56 bits per heavy atom. The summed E-state index contributed by atoms with van der Waals surface area (Å²) in [4.78, 5) is 4.39. The minimum absolute atomic E-state index is 0.554. The molecule has 0 atom stereocenters. The summed E-state index contributed by atoms with van der Waals surface area (Å²) in [6.07, 6.45) is 1.08. The molecule has 4 nitrogen and oxygen atoms in total. The lowest BCUT2D eigenvalue weighted by atomic mass is 10.1. The fraction of sp³-hybridized carbons (Fsp3) is 0.500. The predicted octanol–water partition coefficient (Wildman–Crippen LogP) is 1.92. The first kappa shape index (κ1) is 14.3. The van der Waals surface area contributed by atoms with E-state index in [0.717, 1.165) is 31.7 Å². The number of nitrogen functional groups attached to an aromatic ring is 1. The fourth-order valence-corrected chi connectivity index (χ4v) is 1.95. The smallest absolute Gasteiger partial charge is 0.101 e. The van der Waals surface area contributed by atoms with Crippen molar-refractivity contribution in [3.63, 3.8) is 0 Å². The Morgan fingerprint density at radius 2 is 2.00 bits per heavy atom. The van der Waals surface area contributed by atoms with Crippen molar-refractivity contribution in [2.24, 2.45) is 0 Å². The van der Waals surface area contributed by atoms with Gasteiger partial charge in [0, 0.05) is 13.1 Å². The second-order valence-corrected chi connectivity index (χ2v) is 4.59. The number of benzene rings is 1. The molecule has 0 saturated heterocycles. The molecule has 0 bridgehead atoms. The van der Waals surface area contributed by atoms with Gasteiger partial charge in [-0.1, -0.05) is 6.07 Å². The Balaban J connectivity index is 2.79. The van der Waals surface area contributed by atoms with Gasteiger partial charge in [0.25, 0.3) is 0 Å². The molecule has 0 saturated carbocycles. The van der Waals surface area contributed by atoms with Crippen molar-refractivity contribution in [2.75, 3.05) is 44.4 Å². The van der Waals surface area contributed by atoms with E-state index in [0.29, 0.717) is 11.3 Å². The Hall–Kier alpha value is -1.73. The Labute approximate surface area is 110 Å². The highest BCUT2D eigenvalue weighted by Gasteiger charge is 2.10. The molecule has 0 radical (unpaired) electrons. The zero-order valence-electron chi connectivity index (χ0n) is 11.5. The van der Waals surface area contributed by atoms with Crippen LogP contribution in [0, 0.1) is 11.3 Å². The largest absolute Gasteiger partial charge is 0.396 e. The molecule has 1 aromatic carbocycles. The van der Waals surface area contributed by atoms with Crippen LogP contribution in [0.5, 0.6) is 0 Å². The molecule has 1 aromatic rings.